The zero-order valence-corrected chi connectivity index (χ0v) is 18.8. The summed E-state index contributed by atoms with van der Waals surface area (Å²) in [4.78, 5) is 43.3. The van der Waals surface area contributed by atoms with Gasteiger partial charge in [-0.2, -0.15) is 36.5 Å². The van der Waals surface area contributed by atoms with Gasteiger partial charge in [0.1, 0.15) is 30.1 Å². The maximum Gasteiger partial charge on any atom is 0.433 e. The molecule has 0 radical (unpaired) electrons. The normalized spacial score (nSPS) is 11.9. The van der Waals surface area contributed by atoms with E-state index in [1.807, 2.05) is 0 Å². The topological polar surface area (TPSA) is 185 Å². The molecule has 0 unspecified atom stereocenters. The zero-order valence-electron chi connectivity index (χ0n) is 18.8. The quantitative estimate of drug-likeness (QED) is 0.370. The minimum atomic E-state index is -4.80. The van der Waals surface area contributed by atoms with E-state index in [-0.39, 0.29) is 4.68 Å². The molecule has 2 amide bonds. The Bertz CT molecular complexity index is 1150. The van der Waals surface area contributed by atoms with Gasteiger partial charge in [-0.25, -0.2) is 9.36 Å². The maximum absolute atomic E-state index is 12.7. The first-order valence-corrected chi connectivity index (χ1v) is 9.45. The Morgan fingerprint density at radius 2 is 1.19 bits per heavy atom. The number of primary amides is 2. The van der Waals surface area contributed by atoms with Crippen molar-refractivity contribution < 1.29 is 55.4 Å². The summed E-state index contributed by atoms with van der Waals surface area (Å²) in [5.74, 6) is -4.68. The lowest BCUT2D eigenvalue weighted by atomic mass is 10.2. The molecule has 2 rings (SSSR count). The third kappa shape index (κ3) is 8.91. The summed E-state index contributed by atoms with van der Waals surface area (Å²) in [5, 5.41) is 14.9. The summed E-state index contributed by atoms with van der Waals surface area (Å²) in [6, 6.07) is 0.901. The van der Waals surface area contributed by atoms with Gasteiger partial charge in [0.15, 0.2) is 11.4 Å². The number of amides is 2. The van der Waals surface area contributed by atoms with Crippen LogP contribution in [-0.2, 0) is 39.8 Å². The number of carboxylic acids is 1. The number of nitrogens with zero attached hydrogens (tertiary/aromatic N) is 4. The molecule has 0 fully saturated rings. The Hall–Kier alpha value is -4.12. The van der Waals surface area contributed by atoms with Gasteiger partial charge in [-0.3, -0.25) is 19.2 Å². The van der Waals surface area contributed by atoms with Crippen LogP contribution < -0.4 is 11.5 Å². The Morgan fingerprint density at radius 1 is 0.833 bits per heavy atom. The van der Waals surface area contributed by atoms with Crippen molar-refractivity contribution in [2.24, 2.45) is 11.5 Å². The largest absolute Gasteiger partial charge is 0.480 e. The number of hydrogen-bond acceptors (Lipinski definition) is 7. The van der Waals surface area contributed by atoms with Crippen molar-refractivity contribution in [3.63, 3.8) is 0 Å². The second-order valence-corrected chi connectivity index (χ2v) is 7.85. The van der Waals surface area contributed by atoms with Gasteiger partial charge in [-0.15, -0.1) is 0 Å². The van der Waals surface area contributed by atoms with E-state index in [4.69, 9.17) is 21.3 Å². The van der Waals surface area contributed by atoms with Gasteiger partial charge in [-0.05, 0) is 20.8 Å². The van der Waals surface area contributed by atoms with Crippen molar-refractivity contribution in [1.82, 2.24) is 19.6 Å². The highest BCUT2D eigenvalue weighted by Crippen LogP contribution is 2.30. The van der Waals surface area contributed by atoms with E-state index in [9.17, 15) is 45.5 Å². The van der Waals surface area contributed by atoms with Crippen LogP contribution in [-0.4, -0.2) is 54.0 Å². The molecule has 12 nitrogen and oxygen atoms in total. The van der Waals surface area contributed by atoms with E-state index in [0.29, 0.717) is 16.8 Å². The Kier molecular flexibility index (Phi) is 8.85. The van der Waals surface area contributed by atoms with Gasteiger partial charge in [-0.1, -0.05) is 0 Å². The van der Waals surface area contributed by atoms with Crippen LogP contribution in [0.25, 0.3) is 0 Å². The van der Waals surface area contributed by atoms with Crippen molar-refractivity contribution >= 4 is 23.8 Å². The van der Waals surface area contributed by atoms with Gasteiger partial charge in [0.2, 0.25) is 0 Å². The first kappa shape index (κ1) is 29.9. The van der Waals surface area contributed by atoms with Crippen molar-refractivity contribution in [3.8, 4) is 0 Å². The molecule has 2 aromatic heterocycles. The Balaban J connectivity index is 0.000000369. The molecule has 0 saturated heterocycles. The summed E-state index contributed by atoms with van der Waals surface area (Å²) in [5.41, 5.74) is 5.01. The van der Waals surface area contributed by atoms with Gasteiger partial charge >= 0.3 is 24.3 Å². The number of hydrogen-bond donors (Lipinski definition) is 3. The lowest BCUT2D eigenvalue weighted by Crippen LogP contribution is -2.28. The Labute approximate surface area is 197 Å². The molecule has 0 aliphatic heterocycles. The number of carbonyl (C=O) groups is 4. The molecular formula is C18H20F6N6O6. The molecule has 200 valence electrons. The highest BCUT2D eigenvalue weighted by Gasteiger charge is 2.38. The van der Waals surface area contributed by atoms with Gasteiger partial charge < -0.3 is 21.3 Å². The van der Waals surface area contributed by atoms with Crippen LogP contribution in [0, 0.1) is 0 Å². The van der Waals surface area contributed by atoms with Gasteiger partial charge in [0, 0.05) is 12.1 Å². The monoisotopic (exact) mass is 530 g/mol. The fourth-order valence-electron chi connectivity index (χ4n) is 2.40. The average Bonchev–Trinajstić information content (AvgIpc) is 3.24. The maximum atomic E-state index is 12.7. The minimum Gasteiger partial charge on any atom is -0.480 e. The summed E-state index contributed by atoms with van der Waals surface area (Å²) in [7, 11) is 0. The van der Waals surface area contributed by atoms with Crippen molar-refractivity contribution in [1.29, 1.82) is 0 Å². The lowest BCUT2D eigenvalue weighted by molar-refractivity contribution is -0.158. The van der Waals surface area contributed by atoms with E-state index < -0.39 is 77.6 Å². The SMILES string of the molecule is CC(C)(C)OC(=O)Cn1nc(C(N)=O)cc1C(F)(F)F.NC(=O)c1cc(C(F)(F)F)n(CC(=O)O)n1. The first-order chi connectivity index (χ1) is 16.1. The predicted molar refractivity (Wildman–Crippen MR) is 105 cm³/mol. The molecule has 2 aromatic rings. The van der Waals surface area contributed by atoms with Crippen LogP contribution in [0.5, 0.6) is 0 Å². The van der Waals surface area contributed by atoms with Crippen LogP contribution in [0.4, 0.5) is 26.3 Å². The first-order valence-electron chi connectivity index (χ1n) is 9.45. The van der Waals surface area contributed by atoms with E-state index in [1.54, 1.807) is 20.8 Å². The molecule has 2 heterocycles. The van der Waals surface area contributed by atoms with Crippen LogP contribution in [0.3, 0.4) is 0 Å². The molecule has 0 aliphatic carbocycles. The third-order valence-electron chi connectivity index (χ3n) is 3.63. The third-order valence-corrected chi connectivity index (χ3v) is 3.63. The highest BCUT2D eigenvalue weighted by atomic mass is 19.4. The van der Waals surface area contributed by atoms with Gasteiger partial charge in [0.05, 0.1) is 0 Å². The van der Waals surface area contributed by atoms with Crippen LogP contribution >= 0.6 is 0 Å². The van der Waals surface area contributed by atoms with Crippen molar-refractivity contribution in [3.05, 3.63) is 34.9 Å². The number of aromatic nitrogens is 4. The van der Waals surface area contributed by atoms with E-state index in [0.717, 1.165) is 0 Å². The molecular weight excluding hydrogens is 510 g/mol. The zero-order chi connectivity index (χ0) is 28.2. The smallest absolute Gasteiger partial charge is 0.433 e. The minimum absolute atomic E-state index is 0.169. The van der Waals surface area contributed by atoms with Crippen LogP contribution in [0.2, 0.25) is 0 Å². The molecule has 0 atom stereocenters. The molecule has 0 aromatic carbocycles. The number of nitrogens with two attached hydrogens (primary N) is 2. The molecule has 0 aliphatic rings. The fraction of sp³-hybridized carbons (Fsp3) is 0.444. The molecule has 5 N–H and O–H groups in total. The highest BCUT2D eigenvalue weighted by molar-refractivity contribution is 5.91. The number of aliphatic carboxylic acids is 1. The van der Waals surface area contributed by atoms with E-state index in [1.165, 1.54) is 0 Å². The number of alkyl halides is 6. The van der Waals surface area contributed by atoms with Crippen molar-refractivity contribution in [2.75, 3.05) is 0 Å². The predicted octanol–water partition coefficient (Wildman–Crippen LogP) is 1.43. The van der Waals surface area contributed by atoms with Crippen LogP contribution in [0.1, 0.15) is 53.1 Å². The fourth-order valence-corrected chi connectivity index (χ4v) is 2.40. The number of rotatable bonds is 6. The Morgan fingerprint density at radius 3 is 1.47 bits per heavy atom. The summed E-state index contributed by atoms with van der Waals surface area (Å²) in [6.45, 7) is 2.97. The summed E-state index contributed by atoms with van der Waals surface area (Å²) in [6.07, 6.45) is -9.56. The van der Waals surface area contributed by atoms with Crippen LogP contribution in [0.15, 0.2) is 12.1 Å². The average molecular weight is 530 g/mol. The number of esters is 1. The molecule has 0 spiro atoms. The molecule has 0 bridgehead atoms. The van der Waals surface area contributed by atoms with Crippen molar-refractivity contribution in [2.45, 2.75) is 51.8 Å². The standard InChI is InChI=1S/C11H14F3N3O3.C7H6F3N3O3/c1-10(2,3)20-8(18)5-17-7(11(12,13)14)4-6(16-17)9(15)19;8-7(9,10)4-1-3(6(11)16)12-13(4)2-5(14)15/h4H,5H2,1-3H3,(H2,15,19);1H,2H2,(H2,11,16)(H,14,15). The summed E-state index contributed by atoms with van der Waals surface area (Å²) >= 11 is 0. The molecule has 0 saturated carbocycles. The number of carbonyl (C=O) groups excluding carboxylic acids is 3. The molecule has 36 heavy (non-hydrogen) atoms. The second kappa shape index (κ2) is 10.6. The van der Waals surface area contributed by atoms with E-state index >= 15 is 0 Å². The number of halogens is 6. The summed E-state index contributed by atoms with van der Waals surface area (Å²) < 4.78 is 80.8. The lowest BCUT2D eigenvalue weighted by Gasteiger charge is -2.19. The second-order valence-electron chi connectivity index (χ2n) is 7.85. The number of carboxylic acid groups (broad SMARTS) is 1. The van der Waals surface area contributed by atoms with Gasteiger partial charge in [0.25, 0.3) is 11.8 Å². The number of ether oxygens (including phenoxy) is 1. The molecule has 18 heteroatoms. The van der Waals surface area contributed by atoms with E-state index in [2.05, 4.69) is 10.2 Å².